The second-order valence-corrected chi connectivity index (χ2v) is 10.3. The third-order valence-corrected chi connectivity index (χ3v) is 8.46. The number of aromatic nitrogens is 3. The lowest BCUT2D eigenvalue weighted by Crippen LogP contribution is -2.36. The van der Waals surface area contributed by atoms with Gasteiger partial charge in [-0.1, -0.05) is 18.2 Å². The van der Waals surface area contributed by atoms with Gasteiger partial charge in [0.05, 0.1) is 5.52 Å². The Hall–Kier alpha value is -3.56. The van der Waals surface area contributed by atoms with E-state index in [4.69, 9.17) is 0 Å². The normalized spacial score (nSPS) is 14.2. The van der Waals surface area contributed by atoms with Crippen LogP contribution in [0.3, 0.4) is 0 Å². The summed E-state index contributed by atoms with van der Waals surface area (Å²) in [7, 11) is -2.06. The Kier molecular flexibility index (Phi) is 5.66. The molecule has 0 fully saturated rings. The number of hydrogen-bond acceptors (Lipinski definition) is 5. The molecule has 0 aliphatic carbocycles. The number of hydrogen-bond donors (Lipinski definition) is 1. The molecule has 1 N–H and O–H groups in total. The topological polar surface area (TPSA) is 97.2 Å². The van der Waals surface area contributed by atoms with E-state index >= 15 is 0 Å². The van der Waals surface area contributed by atoms with E-state index in [2.05, 4.69) is 15.3 Å². The summed E-state index contributed by atoms with van der Waals surface area (Å²) < 4.78 is 30.1. The standard InChI is InChI=1S/C25H25N5O3S/c1-17-24(34(32,33)30-12-9-18-8-11-26-14-20(18)16-30)13-23(29(17)2)25(31)28-15-19-5-3-7-22-21(19)6-4-10-27-22/h3-8,10-11,13-14H,9,12,15-16H2,1-2H3,(H,28,31). The summed E-state index contributed by atoms with van der Waals surface area (Å²) in [5.74, 6) is -0.332. The Bertz CT molecular complexity index is 1510. The number of rotatable bonds is 5. The zero-order valence-corrected chi connectivity index (χ0v) is 19.8. The molecule has 0 radical (unpaired) electrons. The molecule has 0 atom stereocenters. The molecule has 0 bridgehead atoms. The van der Waals surface area contributed by atoms with Crippen LogP contribution in [0, 0.1) is 6.92 Å². The minimum absolute atomic E-state index is 0.154. The van der Waals surface area contributed by atoms with Crippen molar-refractivity contribution in [2.24, 2.45) is 7.05 Å². The predicted octanol–water partition coefficient (Wildman–Crippen LogP) is 2.95. The van der Waals surface area contributed by atoms with Gasteiger partial charge in [0.2, 0.25) is 10.0 Å². The molecule has 1 aliphatic rings. The first-order chi connectivity index (χ1) is 16.4. The van der Waals surface area contributed by atoms with Crippen molar-refractivity contribution in [3.63, 3.8) is 0 Å². The lowest BCUT2D eigenvalue weighted by Gasteiger charge is -2.27. The average molecular weight is 476 g/mol. The molecule has 174 valence electrons. The summed E-state index contributed by atoms with van der Waals surface area (Å²) in [6, 6.07) is 13.0. The van der Waals surface area contributed by atoms with Gasteiger partial charge in [-0.05, 0) is 54.3 Å². The van der Waals surface area contributed by atoms with E-state index < -0.39 is 10.0 Å². The quantitative estimate of drug-likeness (QED) is 0.479. The first kappa shape index (κ1) is 22.2. The summed E-state index contributed by atoms with van der Waals surface area (Å²) in [4.78, 5) is 21.7. The number of carbonyl (C=O) groups is 1. The fraction of sp³-hybridized carbons (Fsp3) is 0.240. The van der Waals surface area contributed by atoms with Crippen LogP contribution in [0.15, 0.2) is 66.0 Å². The molecule has 1 aliphatic heterocycles. The van der Waals surface area contributed by atoms with Crippen LogP contribution in [0.5, 0.6) is 0 Å². The van der Waals surface area contributed by atoms with Crippen molar-refractivity contribution in [1.82, 2.24) is 24.2 Å². The lowest BCUT2D eigenvalue weighted by atomic mass is 10.0. The summed E-state index contributed by atoms with van der Waals surface area (Å²) >= 11 is 0. The van der Waals surface area contributed by atoms with Gasteiger partial charge in [-0.3, -0.25) is 14.8 Å². The van der Waals surface area contributed by atoms with Crippen molar-refractivity contribution < 1.29 is 13.2 Å². The molecule has 0 spiro atoms. The van der Waals surface area contributed by atoms with Gasteiger partial charge in [-0.25, -0.2) is 8.42 Å². The number of nitrogens with zero attached hydrogens (tertiary/aromatic N) is 4. The maximum Gasteiger partial charge on any atom is 0.268 e. The third-order valence-electron chi connectivity index (χ3n) is 6.50. The molecule has 0 saturated heterocycles. The van der Waals surface area contributed by atoms with Gasteiger partial charge >= 0.3 is 0 Å². The lowest BCUT2D eigenvalue weighted by molar-refractivity contribution is 0.0942. The Labute approximate surface area is 198 Å². The molecule has 1 aromatic carbocycles. The van der Waals surface area contributed by atoms with Crippen LogP contribution < -0.4 is 5.32 Å². The molecule has 9 heteroatoms. The van der Waals surface area contributed by atoms with Gasteiger partial charge in [0.25, 0.3) is 5.91 Å². The number of pyridine rings is 2. The predicted molar refractivity (Wildman–Crippen MR) is 129 cm³/mol. The first-order valence-corrected chi connectivity index (χ1v) is 12.5. The van der Waals surface area contributed by atoms with Gasteiger partial charge in [0, 0.05) is 56.4 Å². The highest BCUT2D eigenvalue weighted by Crippen LogP contribution is 2.28. The Morgan fingerprint density at radius 2 is 1.97 bits per heavy atom. The first-order valence-electron chi connectivity index (χ1n) is 11.1. The van der Waals surface area contributed by atoms with E-state index in [-0.39, 0.29) is 17.3 Å². The second-order valence-electron chi connectivity index (χ2n) is 8.44. The number of benzene rings is 1. The van der Waals surface area contributed by atoms with Crippen molar-refractivity contribution in [3.05, 3.63) is 89.1 Å². The second kappa shape index (κ2) is 8.66. The summed E-state index contributed by atoms with van der Waals surface area (Å²) in [6.07, 6.45) is 5.81. The van der Waals surface area contributed by atoms with Crippen LogP contribution >= 0.6 is 0 Å². The molecule has 1 amide bonds. The van der Waals surface area contributed by atoms with E-state index in [1.54, 1.807) is 37.1 Å². The van der Waals surface area contributed by atoms with Crippen LogP contribution in [-0.2, 0) is 36.6 Å². The van der Waals surface area contributed by atoms with Crippen LogP contribution in [0.2, 0.25) is 0 Å². The van der Waals surface area contributed by atoms with E-state index in [1.807, 2.05) is 36.4 Å². The summed E-state index contributed by atoms with van der Waals surface area (Å²) in [5.41, 5.74) is 4.65. The Morgan fingerprint density at radius 1 is 1.12 bits per heavy atom. The molecular weight excluding hydrogens is 450 g/mol. The van der Waals surface area contributed by atoms with E-state index in [0.29, 0.717) is 30.9 Å². The minimum Gasteiger partial charge on any atom is -0.347 e. The van der Waals surface area contributed by atoms with E-state index in [1.165, 1.54) is 10.4 Å². The average Bonchev–Trinajstić information content (AvgIpc) is 3.17. The van der Waals surface area contributed by atoms with Crippen molar-refractivity contribution in [2.75, 3.05) is 6.54 Å². The summed E-state index contributed by atoms with van der Waals surface area (Å²) in [6.45, 7) is 2.70. The van der Waals surface area contributed by atoms with Crippen LogP contribution in [0.25, 0.3) is 10.9 Å². The largest absolute Gasteiger partial charge is 0.347 e. The molecule has 5 rings (SSSR count). The molecule has 34 heavy (non-hydrogen) atoms. The molecule has 8 nitrogen and oxygen atoms in total. The Balaban J connectivity index is 1.38. The van der Waals surface area contributed by atoms with Gasteiger partial charge in [0.15, 0.2) is 0 Å². The number of sulfonamides is 1. The van der Waals surface area contributed by atoms with Crippen LogP contribution in [0.4, 0.5) is 0 Å². The molecular formula is C25H25N5O3S. The molecule has 4 heterocycles. The summed E-state index contributed by atoms with van der Waals surface area (Å²) in [5, 5.41) is 3.90. The van der Waals surface area contributed by atoms with Crippen molar-refractivity contribution >= 4 is 26.8 Å². The molecule has 4 aromatic rings. The number of carbonyl (C=O) groups excluding carboxylic acids is 1. The minimum atomic E-state index is -3.77. The van der Waals surface area contributed by atoms with Crippen LogP contribution in [-0.4, -0.2) is 39.7 Å². The third kappa shape index (κ3) is 3.86. The van der Waals surface area contributed by atoms with Crippen molar-refractivity contribution in [1.29, 1.82) is 0 Å². The van der Waals surface area contributed by atoms with E-state index in [0.717, 1.165) is 27.6 Å². The van der Waals surface area contributed by atoms with Gasteiger partial charge < -0.3 is 9.88 Å². The molecule has 3 aromatic heterocycles. The van der Waals surface area contributed by atoms with Crippen LogP contribution in [0.1, 0.15) is 32.9 Å². The van der Waals surface area contributed by atoms with Crippen molar-refractivity contribution in [3.8, 4) is 0 Å². The van der Waals surface area contributed by atoms with Crippen molar-refractivity contribution in [2.45, 2.75) is 31.3 Å². The fourth-order valence-electron chi connectivity index (χ4n) is 4.44. The monoisotopic (exact) mass is 475 g/mol. The maximum atomic E-state index is 13.5. The van der Waals surface area contributed by atoms with Gasteiger partial charge in [-0.2, -0.15) is 4.31 Å². The SMILES string of the molecule is Cc1c(S(=O)(=O)N2CCc3ccncc3C2)cc(C(=O)NCc2cccc3ncccc23)n1C. The highest BCUT2D eigenvalue weighted by atomic mass is 32.2. The maximum absolute atomic E-state index is 13.5. The number of fused-ring (bicyclic) bond motifs is 2. The number of amides is 1. The molecule has 0 unspecified atom stereocenters. The Morgan fingerprint density at radius 3 is 2.82 bits per heavy atom. The fourth-order valence-corrected chi connectivity index (χ4v) is 6.13. The highest BCUT2D eigenvalue weighted by molar-refractivity contribution is 7.89. The van der Waals surface area contributed by atoms with Gasteiger partial charge in [0.1, 0.15) is 10.6 Å². The highest BCUT2D eigenvalue weighted by Gasteiger charge is 2.32. The van der Waals surface area contributed by atoms with E-state index in [9.17, 15) is 13.2 Å². The van der Waals surface area contributed by atoms with Gasteiger partial charge in [-0.15, -0.1) is 0 Å². The smallest absolute Gasteiger partial charge is 0.268 e. The zero-order valence-electron chi connectivity index (χ0n) is 19.0. The zero-order chi connectivity index (χ0) is 23.9. The molecule has 0 saturated carbocycles. The number of nitrogens with one attached hydrogen (secondary N) is 1.